The van der Waals surface area contributed by atoms with Crippen LogP contribution in [-0.4, -0.2) is 23.5 Å². The van der Waals surface area contributed by atoms with Gasteiger partial charge in [0, 0.05) is 23.5 Å². The highest BCUT2D eigenvalue weighted by atomic mass is 35.5. The Kier molecular flexibility index (Phi) is 6.07. The Morgan fingerprint density at radius 2 is 2.00 bits per heavy atom. The number of nitrogens with zero attached hydrogens (tertiary/aromatic N) is 1. The van der Waals surface area contributed by atoms with Crippen LogP contribution in [0.2, 0.25) is 5.02 Å². The number of carbonyl (C=O) groups excluding carboxylic acids is 1. The van der Waals surface area contributed by atoms with Crippen molar-refractivity contribution >= 4 is 29.2 Å². The number of carboxylic acid groups (broad SMARTS) is 1. The van der Waals surface area contributed by atoms with Gasteiger partial charge in [-0.25, -0.2) is 0 Å². The molecule has 0 bridgehead atoms. The molecule has 0 heterocycles. The van der Waals surface area contributed by atoms with E-state index in [1.54, 1.807) is 30.3 Å². The molecule has 0 fully saturated rings. The molecule has 0 saturated carbocycles. The summed E-state index contributed by atoms with van der Waals surface area (Å²) >= 11 is 5.71. The number of rotatable bonds is 6. The number of benzene rings is 1. The van der Waals surface area contributed by atoms with Crippen molar-refractivity contribution in [3.8, 4) is 6.07 Å². The van der Waals surface area contributed by atoms with Crippen molar-refractivity contribution in [3.63, 3.8) is 0 Å². The Bertz CT molecular complexity index is 561. The molecule has 0 radical (unpaired) electrons. The Morgan fingerprint density at radius 3 is 2.55 bits per heavy atom. The number of aliphatic carboxylic acids is 1. The van der Waals surface area contributed by atoms with Crippen LogP contribution in [0.15, 0.2) is 36.0 Å². The lowest BCUT2D eigenvalue weighted by molar-refractivity contribution is -0.136. The van der Waals surface area contributed by atoms with Crippen LogP contribution in [-0.2, 0) is 9.59 Å². The van der Waals surface area contributed by atoms with Crippen LogP contribution in [0.1, 0.15) is 6.42 Å². The average Bonchev–Trinajstić information content (AvgIpc) is 2.41. The van der Waals surface area contributed by atoms with E-state index in [1.165, 1.54) is 6.20 Å². The van der Waals surface area contributed by atoms with Gasteiger partial charge < -0.3 is 15.7 Å². The molecule has 7 heteroatoms. The summed E-state index contributed by atoms with van der Waals surface area (Å²) in [5.41, 5.74) is 0.358. The summed E-state index contributed by atoms with van der Waals surface area (Å²) < 4.78 is 0. The third-order valence-electron chi connectivity index (χ3n) is 2.20. The summed E-state index contributed by atoms with van der Waals surface area (Å²) in [6, 6.07) is 8.16. The lowest BCUT2D eigenvalue weighted by atomic mass is 10.2. The molecule has 0 aliphatic rings. The van der Waals surface area contributed by atoms with Crippen LogP contribution in [0.4, 0.5) is 5.69 Å². The standard InChI is InChI=1S/C13H12ClN3O3/c14-10-1-3-11(4-2-10)17-13(20)9(7-15)8-16-6-5-12(18)19/h1-4,8,16H,5-6H2,(H,17,20)(H,18,19)/b9-8-. The largest absolute Gasteiger partial charge is 0.481 e. The van der Waals surface area contributed by atoms with E-state index in [4.69, 9.17) is 22.0 Å². The Hall–Kier alpha value is -2.52. The minimum atomic E-state index is -0.963. The zero-order valence-corrected chi connectivity index (χ0v) is 11.1. The summed E-state index contributed by atoms with van der Waals surface area (Å²) in [5, 5.41) is 23.0. The zero-order valence-electron chi connectivity index (χ0n) is 10.4. The van der Waals surface area contributed by atoms with Crippen molar-refractivity contribution in [2.24, 2.45) is 0 Å². The zero-order chi connectivity index (χ0) is 15.0. The minimum absolute atomic E-state index is 0.103. The molecule has 1 amide bonds. The number of nitriles is 1. The molecule has 1 aromatic rings. The fourth-order valence-electron chi connectivity index (χ4n) is 1.23. The molecular formula is C13H12ClN3O3. The molecule has 0 aromatic heterocycles. The number of amides is 1. The molecule has 0 unspecified atom stereocenters. The topological polar surface area (TPSA) is 102 Å². The highest BCUT2D eigenvalue weighted by Gasteiger charge is 2.09. The number of carboxylic acids is 1. The van der Waals surface area contributed by atoms with Crippen LogP contribution in [0, 0.1) is 11.3 Å². The van der Waals surface area contributed by atoms with Crippen molar-refractivity contribution in [2.75, 3.05) is 11.9 Å². The van der Waals surface area contributed by atoms with E-state index >= 15 is 0 Å². The highest BCUT2D eigenvalue weighted by molar-refractivity contribution is 6.30. The Morgan fingerprint density at radius 1 is 1.35 bits per heavy atom. The van der Waals surface area contributed by atoms with E-state index in [-0.39, 0.29) is 18.5 Å². The maximum Gasteiger partial charge on any atom is 0.305 e. The number of hydrogen-bond acceptors (Lipinski definition) is 4. The summed E-state index contributed by atoms with van der Waals surface area (Å²) in [5.74, 6) is -1.55. The van der Waals surface area contributed by atoms with E-state index in [2.05, 4.69) is 10.6 Å². The Labute approximate surface area is 120 Å². The number of nitrogens with one attached hydrogen (secondary N) is 2. The molecular weight excluding hydrogens is 282 g/mol. The van der Waals surface area contributed by atoms with Crippen molar-refractivity contribution in [2.45, 2.75) is 6.42 Å². The quantitative estimate of drug-likeness (QED) is 0.421. The molecule has 0 saturated heterocycles. The number of halogens is 1. The molecule has 3 N–H and O–H groups in total. The fraction of sp³-hybridized carbons (Fsp3) is 0.154. The molecule has 0 spiro atoms. The maximum absolute atomic E-state index is 11.8. The number of anilines is 1. The van der Waals surface area contributed by atoms with Crippen molar-refractivity contribution in [1.29, 1.82) is 5.26 Å². The van der Waals surface area contributed by atoms with Crippen molar-refractivity contribution in [3.05, 3.63) is 41.1 Å². The third-order valence-corrected chi connectivity index (χ3v) is 2.45. The summed E-state index contributed by atoms with van der Waals surface area (Å²) in [6.07, 6.45) is 1.09. The monoisotopic (exact) mass is 293 g/mol. The third kappa shape index (κ3) is 5.42. The van der Waals surface area contributed by atoms with Gasteiger partial charge in [0.05, 0.1) is 6.42 Å². The van der Waals surface area contributed by atoms with Gasteiger partial charge in [-0.05, 0) is 24.3 Å². The first-order chi connectivity index (χ1) is 9.52. The van der Waals surface area contributed by atoms with E-state index in [0.717, 1.165) is 0 Å². The van der Waals surface area contributed by atoms with Crippen molar-refractivity contribution in [1.82, 2.24) is 5.32 Å². The molecule has 0 atom stereocenters. The predicted molar refractivity (Wildman–Crippen MR) is 74.0 cm³/mol. The van der Waals surface area contributed by atoms with Crippen LogP contribution in [0.25, 0.3) is 0 Å². The molecule has 20 heavy (non-hydrogen) atoms. The van der Waals surface area contributed by atoms with E-state index < -0.39 is 11.9 Å². The molecule has 0 aliphatic carbocycles. The van der Waals surface area contributed by atoms with Gasteiger partial charge in [-0.1, -0.05) is 11.6 Å². The van der Waals surface area contributed by atoms with Gasteiger partial charge in [0.15, 0.2) is 0 Å². The van der Waals surface area contributed by atoms with Crippen molar-refractivity contribution < 1.29 is 14.7 Å². The lowest BCUT2D eigenvalue weighted by Gasteiger charge is -2.04. The summed E-state index contributed by atoms with van der Waals surface area (Å²) in [7, 11) is 0. The summed E-state index contributed by atoms with van der Waals surface area (Å²) in [6.45, 7) is 0.134. The van der Waals surface area contributed by atoms with E-state index in [1.807, 2.05) is 0 Å². The lowest BCUT2D eigenvalue weighted by Crippen LogP contribution is -2.18. The molecule has 6 nitrogen and oxygen atoms in total. The van der Waals surface area contributed by atoms with E-state index in [9.17, 15) is 9.59 Å². The SMILES string of the molecule is N#C/C(=C/NCCC(=O)O)C(=O)Nc1ccc(Cl)cc1. The maximum atomic E-state index is 11.8. The number of hydrogen-bond donors (Lipinski definition) is 3. The second-order valence-corrected chi connectivity index (χ2v) is 4.17. The van der Waals surface area contributed by atoms with Gasteiger partial charge in [0.2, 0.25) is 0 Å². The highest BCUT2D eigenvalue weighted by Crippen LogP contribution is 2.13. The van der Waals surface area contributed by atoms with Gasteiger partial charge in [0.25, 0.3) is 5.91 Å². The van der Waals surface area contributed by atoms with E-state index in [0.29, 0.717) is 10.7 Å². The fourth-order valence-corrected chi connectivity index (χ4v) is 1.36. The van der Waals surface area contributed by atoms with Crippen LogP contribution in [0.3, 0.4) is 0 Å². The molecule has 0 aliphatic heterocycles. The van der Waals surface area contributed by atoms with Crippen LogP contribution >= 0.6 is 11.6 Å². The van der Waals surface area contributed by atoms with Gasteiger partial charge >= 0.3 is 5.97 Å². The second kappa shape index (κ2) is 7.81. The van der Waals surface area contributed by atoms with Crippen LogP contribution in [0.5, 0.6) is 0 Å². The number of carbonyl (C=O) groups is 2. The minimum Gasteiger partial charge on any atom is -0.481 e. The Balaban J connectivity index is 2.58. The van der Waals surface area contributed by atoms with Gasteiger partial charge in [-0.3, -0.25) is 9.59 Å². The first-order valence-corrected chi connectivity index (χ1v) is 6.03. The first-order valence-electron chi connectivity index (χ1n) is 5.65. The van der Waals surface area contributed by atoms with Crippen LogP contribution < -0.4 is 10.6 Å². The predicted octanol–water partition coefficient (Wildman–Crippen LogP) is 1.75. The van der Waals surface area contributed by atoms with Gasteiger partial charge in [0.1, 0.15) is 11.6 Å². The molecule has 104 valence electrons. The molecule has 1 rings (SSSR count). The molecule has 1 aromatic carbocycles. The van der Waals surface area contributed by atoms with Gasteiger partial charge in [-0.15, -0.1) is 0 Å². The smallest absolute Gasteiger partial charge is 0.305 e. The van der Waals surface area contributed by atoms with Gasteiger partial charge in [-0.2, -0.15) is 5.26 Å². The average molecular weight is 294 g/mol. The first kappa shape index (κ1) is 15.5. The second-order valence-electron chi connectivity index (χ2n) is 3.73. The normalized spacial score (nSPS) is 10.5. The summed E-state index contributed by atoms with van der Waals surface area (Å²) in [4.78, 5) is 22.1.